The van der Waals surface area contributed by atoms with E-state index >= 15 is 0 Å². The summed E-state index contributed by atoms with van der Waals surface area (Å²) in [6.45, 7) is 1.88. The molecule has 1 aromatic carbocycles. The first-order valence-corrected chi connectivity index (χ1v) is 7.07. The van der Waals surface area contributed by atoms with Crippen molar-refractivity contribution in [3.63, 3.8) is 0 Å². The highest BCUT2D eigenvalue weighted by atomic mass is 32.1. The topological polar surface area (TPSA) is 83.8 Å². The first kappa shape index (κ1) is 15.0. The molecule has 6 nitrogen and oxygen atoms in total. The van der Waals surface area contributed by atoms with Crippen molar-refractivity contribution in [1.29, 1.82) is 0 Å². The molecule has 110 valence electrons. The minimum Gasteiger partial charge on any atom is -0.504 e. The molecule has 0 aliphatic heterocycles. The Morgan fingerprint density at radius 1 is 1.57 bits per heavy atom. The third-order valence-electron chi connectivity index (χ3n) is 2.65. The summed E-state index contributed by atoms with van der Waals surface area (Å²) >= 11 is 1.50. The Bertz CT molecular complexity index is 667. The van der Waals surface area contributed by atoms with Crippen LogP contribution >= 0.6 is 11.3 Å². The van der Waals surface area contributed by atoms with Crippen LogP contribution in [0.3, 0.4) is 0 Å². The highest BCUT2D eigenvalue weighted by Gasteiger charge is 2.06. The molecule has 0 fully saturated rings. The fraction of sp³-hybridized carbons (Fsp3) is 0.214. The number of phenolic OH excluding ortho intramolecular Hbond substituents is 1. The summed E-state index contributed by atoms with van der Waals surface area (Å²) < 4.78 is 4.99. The minimum absolute atomic E-state index is 0.0203. The van der Waals surface area contributed by atoms with Gasteiger partial charge in [-0.15, -0.1) is 11.3 Å². The standard InChI is InChI=1S/C14H15N3O3S/c1-9-16-11(8-21-9)6-13(18)17-15-7-10-4-3-5-12(20-2)14(10)19/h3-5,7-8,19H,6H2,1-2H3,(H,17,18)/b15-7+. The van der Waals surface area contributed by atoms with Gasteiger partial charge in [0, 0.05) is 10.9 Å². The van der Waals surface area contributed by atoms with Crippen LogP contribution in [0.25, 0.3) is 0 Å². The van der Waals surface area contributed by atoms with Gasteiger partial charge in [0.25, 0.3) is 0 Å². The van der Waals surface area contributed by atoms with Crippen LogP contribution in [-0.2, 0) is 11.2 Å². The summed E-state index contributed by atoms with van der Waals surface area (Å²) in [5.74, 6) is 0.0651. The van der Waals surface area contributed by atoms with E-state index in [-0.39, 0.29) is 18.1 Å². The second-order valence-electron chi connectivity index (χ2n) is 4.23. The number of amides is 1. The molecule has 0 aliphatic carbocycles. The Balaban J connectivity index is 1.94. The van der Waals surface area contributed by atoms with Crippen molar-refractivity contribution in [1.82, 2.24) is 10.4 Å². The fourth-order valence-electron chi connectivity index (χ4n) is 1.68. The maximum Gasteiger partial charge on any atom is 0.246 e. The molecule has 0 bridgehead atoms. The van der Waals surface area contributed by atoms with E-state index in [1.165, 1.54) is 24.7 Å². The largest absolute Gasteiger partial charge is 0.504 e. The normalized spacial score (nSPS) is 10.8. The molecule has 2 aromatic rings. The van der Waals surface area contributed by atoms with Gasteiger partial charge in [0.05, 0.1) is 30.4 Å². The zero-order chi connectivity index (χ0) is 15.2. The molecule has 1 amide bonds. The molecular formula is C14H15N3O3S. The Kier molecular flexibility index (Phi) is 4.89. The average molecular weight is 305 g/mol. The van der Waals surface area contributed by atoms with Gasteiger partial charge in [-0.1, -0.05) is 6.07 Å². The molecule has 7 heteroatoms. The smallest absolute Gasteiger partial charge is 0.246 e. The van der Waals surface area contributed by atoms with E-state index in [1.807, 2.05) is 12.3 Å². The van der Waals surface area contributed by atoms with Gasteiger partial charge in [-0.2, -0.15) is 5.10 Å². The van der Waals surface area contributed by atoms with Crippen molar-refractivity contribution in [3.05, 3.63) is 39.8 Å². The van der Waals surface area contributed by atoms with Crippen LogP contribution < -0.4 is 10.2 Å². The number of hydrogen-bond acceptors (Lipinski definition) is 6. The lowest BCUT2D eigenvalue weighted by atomic mass is 10.2. The van der Waals surface area contributed by atoms with Gasteiger partial charge < -0.3 is 9.84 Å². The van der Waals surface area contributed by atoms with Crippen molar-refractivity contribution in [2.24, 2.45) is 5.10 Å². The third-order valence-corrected chi connectivity index (χ3v) is 3.47. The zero-order valence-corrected chi connectivity index (χ0v) is 12.5. The van der Waals surface area contributed by atoms with E-state index < -0.39 is 0 Å². The van der Waals surface area contributed by atoms with Crippen LogP contribution in [0.5, 0.6) is 11.5 Å². The molecule has 1 heterocycles. The van der Waals surface area contributed by atoms with E-state index in [0.717, 1.165) is 10.7 Å². The maximum absolute atomic E-state index is 11.7. The predicted molar refractivity (Wildman–Crippen MR) is 81.0 cm³/mol. The molecule has 0 saturated carbocycles. The molecule has 0 spiro atoms. The van der Waals surface area contributed by atoms with Crippen molar-refractivity contribution < 1.29 is 14.6 Å². The zero-order valence-electron chi connectivity index (χ0n) is 11.7. The van der Waals surface area contributed by atoms with E-state index in [4.69, 9.17) is 4.74 Å². The highest BCUT2D eigenvalue weighted by molar-refractivity contribution is 7.09. The number of phenols is 1. The molecule has 0 unspecified atom stereocenters. The lowest BCUT2D eigenvalue weighted by molar-refractivity contribution is -0.120. The van der Waals surface area contributed by atoms with Crippen LogP contribution in [0.4, 0.5) is 0 Å². The average Bonchev–Trinajstić information content (AvgIpc) is 2.86. The summed E-state index contributed by atoms with van der Waals surface area (Å²) in [6.07, 6.45) is 1.54. The van der Waals surface area contributed by atoms with E-state index in [1.54, 1.807) is 18.2 Å². The van der Waals surface area contributed by atoms with Gasteiger partial charge in [0.15, 0.2) is 11.5 Å². The van der Waals surface area contributed by atoms with Crippen LogP contribution in [0.2, 0.25) is 0 Å². The Morgan fingerprint density at radius 2 is 2.38 bits per heavy atom. The second-order valence-corrected chi connectivity index (χ2v) is 5.29. The van der Waals surface area contributed by atoms with Crippen molar-refractivity contribution in [3.8, 4) is 11.5 Å². The quantitative estimate of drug-likeness (QED) is 0.652. The van der Waals surface area contributed by atoms with Gasteiger partial charge in [0.2, 0.25) is 5.91 Å². The number of methoxy groups -OCH3 is 1. The summed E-state index contributed by atoms with van der Waals surface area (Å²) in [7, 11) is 1.47. The first-order valence-electron chi connectivity index (χ1n) is 6.19. The van der Waals surface area contributed by atoms with E-state index in [9.17, 15) is 9.90 Å². The minimum atomic E-state index is -0.265. The van der Waals surface area contributed by atoms with Crippen molar-refractivity contribution in [2.45, 2.75) is 13.3 Å². The molecule has 0 radical (unpaired) electrons. The first-order chi connectivity index (χ1) is 10.1. The van der Waals surface area contributed by atoms with Crippen LogP contribution in [0, 0.1) is 6.92 Å². The number of aromatic nitrogens is 1. The number of aryl methyl sites for hydroxylation is 1. The number of thiazole rings is 1. The van der Waals surface area contributed by atoms with Gasteiger partial charge in [-0.3, -0.25) is 4.79 Å². The number of para-hydroxylation sites is 1. The van der Waals surface area contributed by atoms with Gasteiger partial charge >= 0.3 is 0 Å². The Labute approximate surface area is 126 Å². The molecule has 2 rings (SSSR count). The van der Waals surface area contributed by atoms with Crippen LogP contribution in [-0.4, -0.2) is 29.3 Å². The summed E-state index contributed by atoms with van der Waals surface area (Å²) in [5, 5.41) is 16.4. The van der Waals surface area contributed by atoms with Gasteiger partial charge in [-0.25, -0.2) is 10.4 Å². The monoisotopic (exact) mass is 305 g/mol. The number of nitrogens with one attached hydrogen (secondary N) is 1. The Hall–Kier alpha value is -2.41. The van der Waals surface area contributed by atoms with Crippen LogP contribution in [0.15, 0.2) is 28.7 Å². The summed E-state index contributed by atoms with van der Waals surface area (Å²) in [5.41, 5.74) is 3.57. The lowest BCUT2D eigenvalue weighted by Gasteiger charge is -2.04. The number of benzene rings is 1. The third kappa shape index (κ3) is 4.03. The number of aromatic hydroxyl groups is 1. The number of ether oxygens (including phenoxy) is 1. The summed E-state index contributed by atoms with van der Waals surface area (Å²) in [6, 6.07) is 5.02. The SMILES string of the molecule is COc1cccc(/C=N/NC(=O)Cc2csc(C)n2)c1O. The van der Waals surface area contributed by atoms with Crippen molar-refractivity contribution >= 4 is 23.5 Å². The molecule has 0 atom stereocenters. The van der Waals surface area contributed by atoms with Gasteiger partial charge in [0.1, 0.15) is 0 Å². The predicted octanol–water partition coefficient (Wildman–Crippen LogP) is 1.86. The number of hydrazone groups is 1. The fourth-order valence-corrected chi connectivity index (χ4v) is 2.29. The molecular weight excluding hydrogens is 290 g/mol. The van der Waals surface area contributed by atoms with Crippen LogP contribution in [0.1, 0.15) is 16.3 Å². The number of carbonyl (C=O) groups excluding carboxylic acids is 1. The maximum atomic E-state index is 11.7. The number of carbonyl (C=O) groups is 1. The van der Waals surface area contributed by atoms with E-state index in [0.29, 0.717) is 11.3 Å². The van der Waals surface area contributed by atoms with Gasteiger partial charge in [-0.05, 0) is 19.1 Å². The number of rotatable bonds is 5. The van der Waals surface area contributed by atoms with Crippen molar-refractivity contribution in [2.75, 3.05) is 7.11 Å². The highest BCUT2D eigenvalue weighted by Crippen LogP contribution is 2.27. The molecule has 0 saturated heterocycles. The second kappa shape index (κ2) is 6.85. The molecule has 21 heavy (non-hydrogen) atoms. The number of nitrogens with zero attached hydrogens (tertiary/aromatic N) is 2. The number of hydrogen-bond donors (Lipinski definition) is 2. The molecule has 1 aromatic heterocycles. The Morgan fingerprint density at radius 3 is 3.05 bits per heavy atom. The molecule has 0 aliphatic rings. The summed E-state index contributed by atoms with van der Waals surface area (Å²) in [4.78, 5) is 15.9. The molecule has 2 N–H and O–H groups in total. The van der Waals surface area contributed by atoms with E-state index in [2.05, 4.69) is 15.5 Å². The lowest BCUT2D eigenvalue weighted by Crippen LogP contribution is -2.19.